The van der Waals surface area contributed by atoms with Gasteiger partial charge in [-0.15, -0.1) is 11.3 Å². The van der Waals surface area contributed by atoms with E-state index in [2.05, 4.69) is 46.3 Å². The summed E-state index contributed by atoms with van der Waals surface area (Å²) in [5, 5.41) is 8.85. The second-order valence-corrected chi connectivity index (χ2v) is 5.48. The van der Waals surface area contributed by atoms with Crippen molar-refractivity contribution in [1.82, 2.24) is 0 Å². The highest BCUT2D eigenvalue weighted by molar-refractivity contribution is 9.10. The summed E-state index contributed by atoms with van der Waals surface area (Å²) in [6, 6.07) is 14.6. The Bertz CT molecular complexity index is 510. The quantitative estimate of drug-likeness (QED) is 0.833. The van der Waals surface area contributed by atoms with Crippen LogP contribution in [0.1, 0.15) is 15.3 Å². The molecule has 0 bridgehead atoms. The van der Waals surface area contributed by atoms with Crippen LogP contribution in [0.25, 0.3) is 0 Å². The third kappa shape index (κ3) is 2.72. The van der Waals surface area contributed by atoms with Gasteiger partial charge in [-0.05, 0) is 40.4 Å². The Morgan fingerprint density at radius 2 is 1.94 bits per heavy atom. The van der Waals surface area contributed by atoms with E-state index < -0.39 is 0 Å². The topological polar surface area (TPSA) is 23.8 Å². The van der Waals surface area contributed by atoms with Crippen LogP contribution >= 0.6 is 27.3 Å². The minimum atomic E-state index is 0.767. The molecule has 0 aliphatic heterocycles. The monoisotopic (exact) mass is 291 g/mol. The Labute approximate surface area is 107 Å². The molecule has 0 aliphatic carbocycles. The van der Waals surface area contributed by atoms with Crippen molar-refractivity contribution in [2.75, 3.05) is 0 Å². The molecule has 0 amide bonds. The zero-order valence-electron chi connectivity index (χ0n) is 8.61. The molecule has 0 atom stereocenters. The Kier molecular flexibility index (Phi) is 3.76. The van der Waals surface area contributed by atoms with Crippen LogP contribution in [0.2, 0.25) is 0 Å². The highest BCUT2D eigenvalue weighted by Gasteiger charge is 2.05. The summed E-state index contributed by atoms with van der Waals surface area (Å²) >= 11 is 4.96. The van der Waals surface area contributed by atoms with E-state index in [1.165, 1.54) is 10.4 Å². The molecule has 3 heteroatoms. The number of hydrogen-bond donors (Lipinski definition) is 0. The molecule has 0 aliphatic rings. The molecule has 16 heavy (non-hydrogen) atoms. The predicted molar refractivity (Wildman–Crippen MR) is 70.6 cm³/mol. The summed E-state index contributed by atoms with van der Waals surface area (Å²) < 4.78 is 0.920. The molecule has 0 spiro atoms. The Balaban J connectivity index is 2.03. The van der Waals surface area contributed by atoms with Crippen molar-refractivity contribution in [3.05, 3.63) is 56.2 Å². The molecule has 1 aromatic carbocycles. The Morgan fingerprint density at radius 3 is 2.56 bits per heavy atom. The molecule has 1 heterocycles. The van der Waals surface area contributed by atoms with E-state index in [4.69, 9.17) is 5.26 Å². The van der Waals surface area contributed by atoms with Crippen LogP contribution in [0, 0.1) is 11.3 Å². The predicted octanol–water partition coefficient (Wildman–Crippen LogP) is 4.17. The van der Waals surface area contributed by atoms with E-state index in [1.54, 1.807) is 11.3 Å². The summed E-state index contributed by atoms with van der Waals surface area (Å²) in [5.74, 6) is 0. The number of aryl methyl sites for hydroxylation is 2. The number of thiophene rings is 1. The zero-order chi connectivity index (χ0) is 11.4. The van der Waals surface area contributed by atoms with E-state index >= 15 is 0 Å². The number of hydrogen-bond acceptors (Lipinski definition) is 2. The molecule has 0 saturated heterocycles. The first kappa shape index (κ1) is 11.4. The van der Waals surface area contributed by atoms with Gasteiger partial charge in [0.1, 0.15) is 10.9 Å². The fourth-order valence-corrected chi connectivity index (χ4v) is 3.13. The lowest BCUT2D eigenvalue weighted by Gasteiger charge is -1.98. The maximum absolute atomic E-state index is 8.85. The molecule has 1 nitrogen and oxygen atoms in total. The highest BCUT2D eigenvalue weighted by atomic mass is 79.9. The molecule has 2 aromatic rings. The standard InChI is InChI=1S/C13H10BrNS/c14-12-8-11(16-13(12)9-15)7-6-10-4-2-1-3-5-10/h1-5,8H,6-7H2. The number of rotatable bonds is 3. The van der Waals surface area contributed by atoms with Gasteiger partial charge < -0.3 is 0 Å². The van der Waals surface area contributed by atoms with Gasteiger partial charge in [0.2, 0.25) is 0 Å². The van der Waals surface area contributed by atoms with Crippen molar-refractivity contribution in [3.63, 3.8) is 0 Å². The highest BCUT2D eigenvalue weighted by Crippen LogP contribution is 2.27. The fraction of sp³-hybridized carbons (Fsp3) is 0.154. The minimum absolute atomic E-state index is 0.767. The largest absolute Gasteiger partial charge is 0.191 e. The van der Waals surface area contributed by atoms with E-state index in [0.29, 0.717) is 0 Å². The summed E-state index contributed by atoms with van der Waals surface area (Å²) in [4.78, 5) is 2.02. The molecule has 0 unspecified atom stereocenters. The van der Waals surface area contributed by atoms with E-state index in [9.17, 15) is 0 Å². The molecule has 0 saturated carbocycles. The van der Waals surface area contributed by atoms with Crippen molar-refractivity contribution < 1.29 is 0 Å². The van der Waals surface area contributed by atoms with Gasteiger partial charge in [0, 0.05) is 9.35 Å². The lowest BCUT2D eigenvalue weighted by molar-refractivity contribution is 0.980. The smallest absolute Gasteiger partial charge is 0.119 e. The molecule has 1 aromatic heterocycles. The second kappa shape index (κ2) is 5.29. The molecular formula is C13H10BrNS. The first-order valence-electron chi connectivity index (χ1n) is 5.02. The second-order valence-electron chi connectivity index (χ2n) is 3.49. The normalized spacial score (nSPS) is 10.0. The van der Waals surface area contributed by atoms with Crippen LogP contribution in [-0.4, -0.2) is 0 Å². The van der Waals surface area contributed by atoms with Gasteiger partial charge in [0.05, 0.1) is 0 Å². The molecular weight excluding hydrogens is 282 g/mol. The zero-order valence-corrected chi connectivity index (χ0v) is 11.0. The molecule has 2 rings (SSSR count). The van der Waals surface area contributed by atoms with Crippen molar-refractivity contribution in [2.45, 2.75) is 12.8 Å². The SMILES string of the molecule is N#Cc1sc(CCc2ccccc2)cc1Br. The summed E-state index contributed by atoms with van der Waals surface area (Å²) in [7, 11) is 0. The molecule has 0 radical (unpaired) electrons. The van der Waals surface area contributed by atoms with Gasteiger partial charge in [0.25, 0.3) is 0 Å². The first-order valence-corrected chi connectivity index (χ1v) is 6.63. The van der Waals surface area contributed by atoms with Gasteiger partial charge in [-0.25, -0.2) is 0 Å². The van der Waals surface area contributed by atoms with Gasteiger partial charge >= 0.3 is 0 Å². The first-order chi connectivity index (χ1) is 7.79. The van der Waals surface area contributed by atoms with Crippen LogP contribution in [0.15, 0.2) is 40.9 Å². The summed E-state index contributed by atoms with van der Waals surface area (Å²) in [5.41, 5.74) is 1.34. The van der Waals surface area contributed by atoms with Crippen molar-refractivity contribution in [3.8, 4) is 6.07 Å². The van der Waals surface area contributed by atoms with Crippen molar-refractivity contribution in [1.29, 1.82) is 5.26 Å². The van der Waals surface area contributed by atoms with Crippen LogP contribution in [0.4, 0.5) is 0 Å². The van der Waals surface area contributed by atoms with Gasteiger partial charge in [0.15, 0.2) is 0 Å². The van der Waals surface area contributed by atoms with Crippen LogP contribution in [0.5, 0.6) is 0 Å². The van der Waals surface area contributed by atoms with Gasteiger partial charge in [-0.2, -0.15) is 5.26 Å². The van der Waals surface area contributed by atoms with E-state index in [1.807, 2.05) is 12.1 Å². The maximum Gasteiger partial charge on any atom is 0.119 e. The van der Waals surface area contributed by atoms with Crippen LogP contribution in [0.3, 0.4) is 0 Å². The Hall–Kier alpha value is -1.11. The number of nitriles is 1. The molecule has 0 N–H and O–H groups in total. The number of halogens is 1. The molecule has 0 fully saturated rings. The number of benzene rings is 1. The third-order valence-electron chi connectivity index (χ3n) is 2.34. The number of nitrogens with zero attached hydrogens (tertiary/aromatic N) is 1. The summed E-state index contributed by atoms with van der Waals surface area (Å²) in [6.45, 7) is 0. The average molecular weight is 292 g/mol. The third-order valence-corrected chi connectivity index (χ3v) is 4.33. The summed E-state index contributed by atoms with van der Waals surface area (Å²) in [6.07, 6.45) is 2.02. The van der Waals surface area contributed by atoms with Gasteiger partial charge in [-0.1, -0.05) is 30.3 Å². The lowest BCUT2D eigenvalue weighted by atomic mass is 10.1. The fourth-order valence-electron chi connectivity index (χ4n) is 1.53. The van der Waals surface area contributed by atoms with Gasteiger partial charge in [-0.3, -0.25) is 0 Å². The van der Waals surface area contributed by atoms with E-state index in [0.717, 1.165) is 22.2 Å². The Morgan fingerprint density at radius 1 is 1.19 bits per heavy atom. The molecule has 80 valence electrons. The average Bonchev–Trinajstić information content (AvgIpc) is 2.69. The van der Waals surface area contributed by atoms with Crippen molar-refractivity contribution in [2.24, 2.45) is 0 Å². The van der Waals surface area contributed by atoms with Crippen LogP contribution in [-0.2, 0) is 12.8 Å². The van der Waals surface area contributed by atoms with Crippen molar-refractivity contribution >= 4 is 27.3 Å². The van der Waals surface area contributed by atoms with E-state index in [-0.39, 0.29) is 0 Å². The lowest BCUT2D eigenvalue weighted by Crippen LogP contribution is -1.87. The van der Waals surface area contributed by atoms with Crippen LogP contribution < -0.4 is 0 Å². The maximum atomic E-state index is 8.85. The minimum Gasteiger partial charge on any atom is -0.191 e.